The number of amides is 2. The third-order valence-electron chi connectivity index (χ3n) is 4.53. The Hall–Kier alpha value is -2.70. The number of nitrogens with two attached hydrogens (primary N) is 1. The van der Waals surface area contributed by atoms with Crippen LogP contribution >= 0.6 is 0 Å². The molecule has 2 heterocycles. The lowest BCUT2D eigenvalue weighted by molar-refractivity contribution is -0.129. The van der Waals surface area contributed by atoms with Crippen LogP contribution in [0.1, 0.15) is 23.4 Å². The smallest absolute Gasteiger partial charge is 0.228 e. The van der Waals surface area contributed by atoms with Crippen LogP contribution < -0.4 is 5.73 Å². The van der Waals surface area contributed by atoms with E-state index < -0.39 is 0 Å². The maximum absolute atomic E-state index is 12.4. The third kappa shape index (κ3) is 3.15. The van der Waals surface area contributed by atoms with Gasteiger partial charge in [0.2, 0.25) is 11.8 Å². The first-order chi connectivity index (χ1) is 11.5. The lowest BCUT2D eigenvalue weighted by atomic mass is 10.1. The number of hydrogen-bond donors (Lipinski definition) is 1. The second kappa shape index (κ2) is 6.43. The summed E-state index contributed by atoms with van der Waals surface area (Å²) in [6, 6.07) is 7.96. The maximum atomic E-state index is 12.4. The van der Waals surface area contributed by atoms with E-state index in [0.29, 0.717) is 25.2 Å². The lowest BCUT2D eigenvalue weighted by Crippen LogP contribution is -2.32. The number of carbonyl (C=O) groups is 2. The van der Waals surface area contributed by atoms with Crippen LogP contribution in [0.2, 0.25) is 0 Å². The summed E-state index contributed by atoms with van der Waals surface area (Å²) in [5.41, 5.74) is 8.90. The van der Waals surface area contributed by atoms with Crippen LogP contribution in [0, 0.1) is 19.8 Å². The standard InChI is InChI=1S/C17H21N5O2/c1-11-3-5-14(6-4-11)22-12(2)15(19-20-22)9-16(23)21-8-7-13(10-21)17(18)24/h3-6,13H,7-10H2,1-2H3,(H2,18,24)/t13-/m0/s1. The van der Waals surface area contributed by atoms with Gasteiger partial charge >= 0.3 is 0 Å². The second-order valence-electron chi connectivity index (χ2n) is 6.27. The van der Waals surface area contributed by atoms with Crippen molar-refractivity contribution >= 4 is 11.8 Å². The molecule has 2 amide bonds. The van der Waals surface area contributed by atoms with Gasteiger partial charge in [-0.2, -0.15) is 0 Å². The Balaban J connectivity index is 1.71. The molecule has 0 spiro atoms. The fourth-order valence-electron chi connectivity index (χ4n) is 2.93. The molecule has 1 aliphatic rings. The van der Waals surface area contributed by atoms with Gasteiger partial charge in [0.25, 0.3) is 0 Å². The van der Waals surface area contributed by atoms with E-state index in [1.165, 1.54) is 5.56 Å². The summed E-state index contributed by atoms with van der Waals surface area (Å²) >= 11 is 0. The predicted octanol–water partition coefficient (Wildman–Crippen LogP) is 0.760. The minimum atomic E-state index is -0.341. The molecule has 1 aliphatic heterocycles. The molecule has 1 saturated heterocycles. The molecule has 7 heteroatoms. The molecule has 1 atom stereocenters. The van der Waals surface area contributed by atoms with Crippen molar-refractivity contribution in [3.8, 4) is 5.69 Å². The zero-order valence-corrected chi connectivity index (χ0v) is 13.9. The van der Waals surface area contributed by atoms with Crippen molar-refractivity contribution < 1.29 is 9.59 Å². The summed E-state index contributed by atoms with van der Waals surface area (Å²) in [4.78, 5) is 25.3. The van der Waals surface area contributed by atoms with Gasteiger partial charge in [0, 0.05) is 13.1 Å². The van der Waals surface area contributed by atoms with E-state index in [2.05, 4.69) is 10.3 Å². The summed E-state index contributed by atoms with van der Waals surface area (Å²) in [6.07, 6.45) is 0.819. The van der Waals surface area contributed by atoms with Crippen LogP contribution in [-0.2, 0) is 16.0 Å². The monoisotopic (exact) mass is 327 g/mol. The second-order valence-corrected chi connectivity index (χ2v) is 6.27. The predicted molar refractivity (Wildman–Crippen MR) is 88.4 cm³/mol. The zero-order chi connectivity index (χ0) is 17.3. The lowest BCUT2D eigenvalue weighted by Gasteiger charge is -2.15. The molecule has 0 radical (unpaired) electrons. The van der Waals surface area contributed by atoms with E-state index in [4.69, 9.17) is 5.73 Å². The van der Waals surface area contributed by atoms with Crippen molar-refractivity contribution in [1.29, 1.82) is 0 Å². The van der Waals surface area contributed by atoms with Gasteiger partial charge in [0.05, 0.1) is 29.4 Å². The van der Waals surface area contributed by atoms with Crippen molar-refractivity contribution in [2.75, 3.05) is 13.1 Å². The Kier molecular flexibility index (Phi) is 4.33. The fourth-order valence-corrected chi connectivity index (χ4v) is 2.93. The van der Waals surface area contributed by atoms with Crippen molar-refractivity contribution in [2.45, 2.75) is 26.7 Å². The highest BCUT2D eigenvalue weighted by Gasteiger charge is 2.30. The van der Waals surface area contributed by atoms with E-state index in [-0.39, 0.29) is 24.2 Å². The van der Waals surface area contributed by atoms with Gasteiger partial charge in [-0.15, -0.1) is 5.10 Å². The fraction of sp³-hybridized carbons (Fsp3) is 0.412. The molecule has 2 N–H and O–H groups in total. The topological polar surface area (TPSA) is 94.1 Å². The average molecular weight is 327 g/mol. The van der Waals surface area contributed by atoms with Gasteiger partial charge in [-0.3, -0.25) is 9.59 Å². The van der Waals surface area contributed by atoms with Gasteiger partial charge in [-0.25, -0.2) is 4.68 Å². The first-order valence-corrected chi connectivity index (χ1v) is 8.01. The van der Waals surface area contributed by atoms with Gasteiger partial charge < -0.3 is 10.6 Å². The number of aromatic nitrogens is 3. The van der Waals surface area contributed by atoms with Crippen LogP contribution in [0.3, 0.4) is 0 Å². The molecule has 1 aromatic heterocycles. The minimum Gasteiger partial charge on any atom is -0.369 e. The summed E-state index contributed by atoms with van der Waals surface area (Å²) in [5.74, 6) is -0.622. The number of aryl methyl sites for hydroxylation is 1. The molecule has 7 nitrogen and oxygen atoms in total. The molecule has 2 aromatic rings. The number of benzene rings is 1. The molecule has 0 aliphatic carbocycles. The zero-order valence-electron chi connectivity index (χ0n) is 13.9. The van der Waals surface area contributed by atoms with Gasteiger partial charge in [-0.05, 0) is 32.4 Å². The minimum absolute atomic E-state index is 0.0437. The average Bonchev–Trinajstić information content (AvgIpc) is 3.17. The van der Waals surface area contributed by atoms with Crippen molar-refractivity contribution in [3.63, 3.8) is 0 Å². The molecule has 1 aromatic carbocycles. The van der Waals surface area contributed by atoms with E-state index in [1.54, 1.807) is 9.58 Å². The molecule has 0 unspecified atom stereocenters. The molecule has 3 rings (SSSR count). The van der Waals surface area contributed by atoms with Crippen molar-refractivity contribution in [3.05, 3.63) is 41.2 Å². The van der Waals surface area contributed by atoms with Crippen LogP contribution in [-0.4, -0.2) is 44.8 Å². The summed E-state index contributed by atoms with van der Waals surface area (Å²) < 4.78 is 1.73. The van der Waals surface area contributed by atoms with Crippen molar-refractivity contribution in [2.24, 2.45) is 11.7 Å². The van der Waals surface area contributed by atoms with Crippen LogP contribution in [0.25, 0.3) is 5.69 Å². The highest BCUT2D eigenvalue weighted by atomic mass is 16.2. The number of rotatable bonds is 4. The first-order valence-electron chi connectivity index (χ1n) is 8.01. The summed E-state index contributed by atoms with van der Waals surface area (Å²) in [5, 5.41) is 8.31. The molecule has 0 bridgehead atoms. The third-order valence-corrected chi connectivity index (χ3v) is 4.53. The van der Waals surface area contributed by atoms with E-state index >= 15 is 0 Å². The number of nitrogens with zero attached hydrogens (tertiary/aromatic N) is 4. The van der Waals surface area contributed by atoms with Crippen LogP contribution in [0.15, 0.2) is 24.3 Å². The highest BCUT2D eigenvalue weighted by Crippen LogP contribution is 2.18. The molecular weight excluding hydrogens is 306 g/mol. The number of likely N-dealkylation sites (tertiary alicyclic amines) is 1. The van der Waals surface area contributed by atoms with E-state index in [1.807, 2.05) is 38.1 Å². The molecule has 1 fully saturated rings. The van der Waals surface area contributed by atoms with Crippen LogP contribution in [0.5, 0.6) is 0 Å². The number of primary amides is 1. The molecular formula is C17H21N5O2. The number of hydrogen-bond acceptors (Lipinski definition) is 4. The highest BCUT2D eigenvalue weighted by molar-refractivity contribution is 5.82. The summed E-state index contributed by atoms with van der Waals surface area (Å²) in [7, 11) is 0. The normalized spacial score (nSPS) is 17.2. The Morgan fingerprint density at radius 1 is 1.25 bits per heavy atom. The quantitative estimate of drug-likeness (QED) is 0.897. The first kappa shape index (κ1) is 16.2. The molecule has 24 heavy (non-hydrogen) atoms. The SMILES string of the molecule is Cc1ccc(-n2nnc(CC(=O)N3CC[C@H](C(N)=O)C3)c2C)cc1. The molecule has 126 valence electrons. The van der Waals surface area contributed by atoms with Crippen LogP contribution in [0.4, 0.5) is 0 Å². The Morgan fingerprint density at radius 2 is 1.96 bits per heavy atom. The largest absolute Gasteiger partial charge is 0.369 e. The van der Waals surface area contributed by atoms with Gasteiger partial charge in [-0.1, -0.05) is 22.9 Å². The Bertz CT molecular complexity index is 766. The van der Waals surface area contributed by atoms with E-state index in [9.17, 15) is 9.59 Å². The molecule has 0 saturated carbocycles. The van der Waals surface area contributed by atoms with Crippen molar-refractivity contribution in [1.82, 2.24) is 19.9 Å². The summed E-state index contributed by atoms with van der Waals surface area (Å²) in [6.45, 7) is 4.90. The van der Waals surface area contributed by atoms with Gasteiger partial charge in [0.15, 0.2) is 0 Å². The maximum Gasteiger partial charge on any atom is 0.228 e. The Morgan fingerprint density at radius 3 is 2.58 bits per heavy atom. The van der Waals surface area contributed by atoms with E-state index in [0.717, 1.165) is 11.4 Å². The Labute approximate surface area is 140 Å². The van der Waals surface area contributed by atoms with Gasteiger partial charge in [0.1, 0.15) is 0 Å². The number of carbonyl (C=O) groups excluding carboxylic acids is 2.